The summed E-state index contributed by atoms with van der Waals surface area (Å²) < 4.78 is 30.0. The Labute approximate surface area is 188 Å². The first-order chi connectivity index (χ1) is 14.7. The van der Waals surface area contributed by atoms with Gasteiger partial charge in [-0.3, -0.25) is 4.79 Å². The summed E-state index contributed by atoms with van der Waals surface area (Å²) in [6.07, 6.45) is 0. The van der Waals surface area contributed by atoms with E-state index in [-0.39, 0.29) is 12.6 Å². The first-order valence-electron chi connectivity index (χ1n) is 10.0. The third-order valence-electron chi connectivity index (χ3n) is 4.95. The quantitative estimate of drug-likeness (QED) is 0.509. The predicted octanol–water partition coefficient (Wildman–Crippen LogP) is 4.43. The molecule has 0 atom stereocenters. The molecule has 0 fully saturated rings. The van der Waals surface area contributed by atoms with Crippen LogP contribution in [0.2, 0.25) is 5.02 Å². The molecule has 0 saturated heterocycles. The molecule has 1 N–H and O–H groups in total. The maximum absolute atomic E-state index is 14.2. The Morgan fingerprint density at radius 3 is 2.39 bits per heavy atom. The number of hydrogen-bond acceptors (Lipinski definition) is 6. The first kappa shape index (κ1) is 24.8. The lowest BCUT2D eigenvalue weighted by Crippen LogP contribution is -2.50. The van der Waals surface area contributed by atoms with E-state index in [1.54, 1.807) is 45.2 Å². The van der Waals surface area contributed by atoms with E-state index in [0.29, 0.717) is 41.7 Å². The molecule has 0 saturated carbocycles. The van der Waals surface area contributed by atoms with E-state index in [1.807, 2.05) is 11.8 Å². The molecule has 0 aliphatic carbocycles. The zero-order valence-corrected chi connectivity index (χ0v) is 19.4. The van der Waals surface area contributed by atoms with Crippen LogP contribution in [0.1, 0.15) is 26.3 Å². The zero-order chi connectivity index (χ0) is 23.0. The molecule has 0 bridgehead atoms. The van der Waals surface area contributed by atoms with E-state index in [0.717, 1.165) is 5.75 Å². The van der Waals surface area contributed by atoms with E-state index in [9.17, 15) is 9.18 Å². The lowest BCUT2D eigenvalue weighted by Gasteiger charge is -2.29. The van der Waals surface area contributed by atoms with E-state index in [2.05, 4.69) is 5.32 Å². The molecular weight excluding hydrogens is 423 g/mol. The van der Waals surface area contributed by atoms with E-state index < -0.39 is 11.4 Å². The Morgan fingerprint density at radius 2 is 1.81 bits per heavy atom. The van der Waals surface area contributed by atoms with Crippen molar-refractivity contribution in [2.45, 2.75) is 32.9 Å². The molecule has 0 amide bonds. The van der Waals surface area contributed by atoms with Crippen LogP contribution in [0.5, 0.6) is 11.5 Å². The maximum atomic E-state index is 14.2. The summed E-state index contributed by atoms with van der Waals surface area (Å²) in [6.45, 7) is 7.30. The maximum Gasteiger partial charge on any atom is 0.325 e. The summed E-state index contributed by atoms with van der Waals surface area (Å²) in [4.78, 5) is 13.9. The molecule has 0 spiro atoms. The molecule has 0 aliphatic heterocycles. The fraction of sp³-hybridized carbons (Fsp3) is 0.435. The van der Waals surface area contributed by atoms with Crippen molar-refractivity contribution in [3.63, 3.8) is 0 Å². The van der Waals surface area contributed by atoms with Gasteiger partial charge in [-0.15, -0.1) is 0 Å². The summed E-state index contributed by atoms with van der Waals surface area (Å²) in [7, 11) is 2.95. The predicted molar refractivity (Wildman–Crippen MR) is 121 cm³/mol. The van der Waals surface area contributed by atoms with Gasteiger partial charge in [0.2, 0.25) is 0 Å². The van der Waals surface area contributed by atoms with Gasteiger partial charge in [0.1, 0.15) is 29.5 Å². The molecule has 6 nitrogen and oxygen atoms in total. The Morgan fingerprint density at radius 1 is 1.16 bits per heavy atom. The highest BCUT2D eigenvalue weighted by Gasteiger charge is 2.28. The Kier molecular flexibility index (Phi) is 8.95. The van der Waals surface area contributed by atoms with E-state index in [1.165, 1.54) is 19.2 Å². The van der Waals surface area contributed by atoms with Crippen LogP contribution in [0.15, 0.2) is 36.4 Å². The van der Waals surface area contributed by atoms with Crippen LogP contribution in [0, 0.1) is 5.82 Å². The van der Waals surface area contributed by atoms with Crippen molar-refractivity contribution in [1.82, 2.24) is 5.32 Å². The van der Waals surface area contributed by atoms with Gasteiger partial charge in [-0.25, -0.2) is 4.39 Å². The van der Waals surface area contributed by atoms with Crippen LogP contribution in [0.3, 0.4) is 0 Å². The van der Waals surface area contributed by atoms with Crippen LogP contribution >= 0.6 is 11.6 Å². The number of hydrogen-bond donors (Lipinski definition) is 1. The third-order valence-corrected chi connectivity index (χ3v) is 5.28. The average Bonchev–Trinajstić information content (AvgIpc) is 2.75. The number of nitrogens with one attached hydrogen (secondary N) is 1. The third kappa shape index (κ3) is 6.74. The largest absolute Gasteiger partial charge is 0.497 e. The molecule has 2 aromatic carbocycles. The summed E-state index contributed by atoms with van der Waals surface area (Å²) in [5.74, 6) is 0.608. The SMILES string of the molecule is CCN(CCNC(C)(C)C(=O)OC)c1cc(F)cc(Cl)c1COc1ccc(OC)cc1. The molecule has 0 unspecified atom stereocenters. The molecule has 0 aliphatic rings. The number of benzene rings is 2. The number of ether oxygens (including phenoxy) is 3. The highest BCUT2D eigenvalue weighted by atomic mass is 35.5. The van der Waals surface area contributed by atoms with Crippen molar-refractivity contribution in [1.29, 1.82) is 0 Å². The normalized spacial score (nSPS) is 11.2. The number of methoxy groups -OCH3 is 2. The van der Waals surface area contributed by atoms with Gasteiger partial charge in [0.05, 0.1) is 19.2 Å². The molecule has 2 aromatic rings. The van der Waals surface area contributed by atoms with Crippen molar-refractivity contribution in [2.24, 2.45) is 0 Å². The van der Waals surface area contributed by atoms with Crippen molar-refractivity contribution < 1.29 is 23.4 Å². The Hall–Kier alpha value is -2.51. The van der Waals surface area contributed by atoms with Crippen LogP contribution < -0.4 is 19.7 Å². The molecule has 2 rings (SSSR count). The Bertz CT molecular complexity index is 875. The zero-order valence-electron chi connectivity index (χ0n) is 18.6. The first-order valence-corrected chi connectivity index (χ1v) is 10.4. The fourth-order valence-corrected chi connectivity index (χ4v) is 3.38. The van der Waals surface area contributed by atoms with Gasteiger partial charge in [0.25, 0.3) is 0 Å². The summed E-state index contributed by atoms with van der Waals surface area (Å²) >= 11 is 6.37. The van der Waals surface area contributed by atoms with Crippen LogP contribution in [0.25, 0.3) is 0 Å². The number of halogens is 2. The highest BCUT2D eigenvalue weighted by molar-refractivity contribution is 6.31. The minimum absolute atomic E-state index is 0.179. The number of rotatable bonds is 11. The smallest absolute Gasteiger partial charge is 0.325 e. The number of likely N-dealkylation sites (N-methyl/N-ethyl adjacent to an activating group) is 1. The lowest BCUT2D eigenvalue weighted by atomic mass is 10.1. The lowest BCUT2D eigenvalue weighted by molar-refractivity contribution is -0.147. The van der Waals surface area contributed by atoms with Crippen molar-refractivity contribution in [2.75, 3.05) is 38.8 Å². The van der Waals surface area contributed by atoms with Crippen molar-refractivity contribution in [3.8, 4) is 11.5 Å². The molecule has 0 radical (unpaired) electrons. The molecule has 31 heavy (non-hydrogen) atoms. The number of esters is 1. The van der Waals surface area contributed by atoms with Gasteiger partial charge >= 0.3 is 5.97 Å². The fourth-order valence-electron chi connectivity index (χ4n) is 3.12. The van der Waals surface area contributed by atoms with Gasteiger partial charge in [-0.05, 0) is 57.2 Å². The topological polar surface area (TPSA) is 60.0 Å². The summed E-state index contributed by atoms with van der Waals surface area (Å²) in [5, 5.41) is 3.47. The van der Waals surface area contributed by atoms with Gasteiger partial charge < -0.3 is 24.4 Å². The minimum atomic E-state index is -0.825. The highest BCUT2D eigenvalue weighted by Crippen LogP contribution is 2.31. The molecule has 8 heteroatoms. The molecule has 170 valence electrons. The average molecular weight is 453 g/mol. The standard InChI is InChI=1S/C23H30ClFN2O4/c1-6-27(12-11-26-23(2,3)22(28)30-5)21-14-16(25)13-20(24)19(21)15-31-18-9-7-17(29-4)8-10-18/h7-10,13-14,26H,6,11-12,15H2,1-5H3. The molecular formula is C23H30ClFN2O4. The minimum Gasteiger partial charge on any atom is -0.497 e. The number of carbonyl (C=O) groups is 1. The molecule has 0 aromatic heterocycles. The second-order valence-electron chi connectivity index (χ2n) is 7.47. The summed E-state index contributed by atoms with van der Waals surface area (Å²) in [6, 6.07) is 9.93. The van der Waals surface area contributed by atoms with Crippen molar-refractivity contribution >= 4 is 23.3 Å². The van der Waals surface area contributed by atoms with Gasteiger partial charge in [0, 0.05) is 30.9 Å². The number of nitrogens with zero attached hydrogens (tertiary/aromatic N) is 1. The molecule has 0 heterocycles. The second kappa shape index (κ2) is 11.2. The van der Waals surface area contributed by atoms with Crippen molar-refractivity contribution in [3.05, 3.63) is 52.8 Å². The van der Waals surface area contributed by atoms with Gasteiger partial charge in [-0.2, -0.15) is 0 Å². The van der Waals surface area contributed by atoms with Crippen LogP contribution in [-0.2, 0) is 16.1 Å². The number of carbonyl (C=O) groups excluding carboxylic acids is 1. The van der Waals surface area contributed by atoms with Crippen LogP contribution in [-0.4, -0.2) is 45.4 Å². The van der Waals surface area contributed by atoms with E-state index >= 15 is 0 Å². The van der Waals surface area contributed by atoms with Gasteiger partial charge in [-0.1, -0.05) is 11.6 Å². The summed E-state index contributed by atoms with van der Waals surface area (Å²) in [5.41, 5.74) is 0.514. The monoisotopic (exact) mass is 452 g/mol. The second-order valence-corrected chi connectivity index (χ2v) is 7.88. The Balaban J connectivity index is 2.16. The van der Waals surface area contributed by atoms with Gasteiger partial charge in [0.15, 0.2) is 0 Å². The van der Waals surface area contributed by atoms with E-state index in [4.69, 9.17) is 25.8 Å². The number of anilines is 1. The van der Waals surface area contributed by atoms with Crippen LogP contribution in [0.4, 0.5) is 10.1 Å².